The number of rotatable bonds is 1. The van der Waals surface area contributed by atoms with E-state index in [9.17, 15) is 4.79 Å². The van der Waals surface area contributed by atoms with E-state index in [-0.39, 0.29) is 5.78 Å². The number of fused-ring (bicyclic) bond motifs is 1. The van der Waals surface area contributed by atoms with E-state index in [1.807, 2.05) is 18.2 Å². The van der Waals surface area contributed by atoms with Gasteiger partial charge in [0, 0.05) is 30.4 Å². The second-order valence-corrected chi connectivity index (χ2v) is 5.74. The van der Waals surface area contributed by atoms with Crippen molar-refractivity contribution in [2.75, 3.05) is 6.61 Å². The number of Topliss-reactive ketones (excluding diaryl/α,β-unsaturated/α-hetero) is 1. The Kier molecular flexibility index (Phi) is 2.82. The quantitative estimate of drug-likeness (QED) is 0.810. The maximum Gasteiger partial charge on any atom is 0.194 e. The maximum atomic E-state index is 13.0. The number of ketones is 1. The first-order valence-corrected chi connectivity index (χ1v) is 7.31. The standard InChI is InChI=1S/C17H15N3O2/c1-11-20-17(9-22-11)6-5-14-13(12-7-18-10-19-8-12)3-2-4-15(14)16(17)21/h2-4,7-8,10H,5-6,9H2,1H3/t17-/m1/s1. The zero-order valence-electron chi connectivity index (χ0n) is 12.2. The third-order valence-corrected chi connectivity index (χ3v) is 4.39. The van der Waals surface area contributed by atoms with Crippen molar-refractivity contribution < 1.29 is 9.53 Å². The van der Waals surface area contributed by atoms with Crippen molar-refractivity contribution in [3.63, 3.8) is 0 Å². The van der Waals surface area contributed by atoms with Crippen LogP contribution in [0.4, 0.5) is 0 Å². The highest BCUT2D eigenvalue weighted by Gasteiger charge is 2.46. The molecule has 0 amide bonds. The van der Waals surface area contributed by atoms with Gasteiger partial charge in [0.05, 0.1) is 0 Å². The van der Waals surface area contributed by atoms with Crippen LogP contribution in [-0.2, 0) is 11.2 Å². The van der Waals surface area contributed by atoms with Gasteiger partial charge in [-0.3, -0.25) is 4.79 Å². The minimum Gasteiger partial charge on any atom is -0.478 e. The summed E-state index contributed by atoms with van der Waals surface area (Å²) in [5.41, 5.74) is 3.05. The van der Waals surface area contributed by atoms with Gasteiger partial charge in [0.1, 0.15) is 12.9 Å². The number of hydrogen-bond donors (Lipinski definition) is 0. The first-order chi connectivity index (χ1) is 10.7. The molecule has 0 saturated heterocycles. The lowest BCUT2D eigenvalue weighted by Gasteiger charge is -2.30. The highest BCUT2D eigenvalue weighted by Crippen LogP contribution is 2.38. The molecule has 0 N–H and O–H groups in total. The normalized spacial score (nSPS) is 23.1. The molecule has 0 bridgehead atoms. The number of carbonyl (C=O) groups excluding carboxylic acids is 1. The molecular formula is C17H15N3O2. The van der Waals surface area contributed by atoms with Gasteiger partial charge in [-0.15, -0.1) is 0 Å². The molecule has 1 spiro atoms. The Labute approximate surface area is 128 Å². The van der Waals surface area contributed by atoms with Crippen LogP contribution in [0.15, 0.2) is 41.9 Å². The van der Waals surface area contributed by atoms with E-state index in [0.29, 0.717) is 18.9 Å². The van der Waals surface area contributed by atoms with E-state index in [1.54, 1.807) is 19.3 Å². The SMILES string of the molecule is CC1=N[C@]2(CCc3c(cccc3-c3cncnc3)C2=O)CO1. The Bertz CT molecular complexity index is 786. The molecule has 110 valence electrons. The predicted octanol–water partition coefficient (Wildman–Crippen LogP) is 2.46. The third kappa shape index (κ3) is 1.85. The van der Waals surface area contributed by atoms with Crippen molar-refractivity contribution in [2.45, 2.75) is 25.3 Å². The molecule has 0 fully saturated rings. The summed E-state index contributed by atoms with van der Waals surface area (Å²) in [5, 5.41) is 0. The van der Waals surface area contributed by atoms with E-state index in [1.165, 1.54) is 6.33 Å². The van der Waals surface area contributed by atoms with E-state index >= 15 is 0 Å². The molecule has 2 aliphatic rings. The minimum absolute atomic E-state index is 0.0595. The number of nitrogens with zero attached hydrogens (tertiary/aromatic N) is 3. The van der Waals surface area contributed by atoms with Crippen LogP contribution in [-0.4, -0.2) is 33.8 Å². The van der Waals surface area contributed by atoms with Crippen molar-refractivity contribution >= 4 is 11.7 Å². The lowest BCUT2D eigenvalue weighted by Crippen LogP contribution is -2.42. The minimum atomic E-state index is -0.719. The molecule has 5 heteroatoms. The van der Waals surface area contributed by atoms with Crippen molar-refractivity contribution in [1.29, 1.82) is 0 Å². The fourth-order valence-electron chi connectivity index (χ4n) is 3.31. The molecule has 1 aliphatic carbocycles. The first-order valence-electron chi connectivity index (χ1n) is 7.31. The molecule has 0 radical (unpaired) electrons. The van der Waals surface area contributed by atoms with Crippen LogP contribution in [0, 0.1) is 0 Å². The Balaban J connectivity index is 1.83. The molecule has 1 atom stereocenters. The molecule has 0 saturated carbocycles. The van der Waals surface area contributed by atoms with Crippen LogP contribution in [0.2, 0.25) is 0 Å². The molecule has 2 heterocycles. The number of aliphatic imine (C=N–C) groups is 1. The van der Waals surface area contributed by atoms with Gasteiger partial charge in [-0.05, 0) is 24.0 Å². The number of carbonyl (C=O) groups is 1. The summed E-state index contributed by atoms with van der Waals surface area (Å²) in [6, 6.07) is 5.81. The van der Waals surface area contributed by atoms with E-state index < -0.39 is 5.54 Å². The maximum absolute atomic E-state index is 13.0. The van der Waals surface area contributed by atoms with Crippen LogP contribution >= 0.6 is 0 Å². The van der Waals surface area contributed by atoms with Gasteiger partial charge >= 0.3 is 0 Å². The number of aromatic nitrogens is 2. The van der Waals surface area contributed by atoms with Gasteiger partial charge < -0.3 is 4.74 Å². The summed E-state index contributed by atoms with van der Waals surface area (Å²) < 4.78 is 5.46. The van der Waals surface area contributed by atoms with Gasteiger partial charge in [-0.25, -0.2) is 15.0 Å². The highest BCUT2D eigenvalue weighted by atomic mass is 16.5. The summed E-state index contributed by atoms with van der Waals surface area (Å²) >= 11 is 0. The summed E-state index contributed by atoms with van der Waals surface area (Å²) in [6.45, 7) is 2.16. The average Bonchev–Trinajstić information content (AvgIpc) is 2.94. The molecule has 1 aromatic carbocycles. The molecule has 22 heavy (non-hydrogen) atoms. The number of benzene rings is 1. The fourth-order valence-corrected chi connectivity index (χ4v) is 3.31. The highest BCUT2D eigenvalue weighted by molar-refractivity contribution is 6.08. The second-order valence-electron chi connectivity index (χ2n) is 5.74. The predicted molar refractivity (Wildman–Crippen MR) is 81.9 cm³/mol. The second kappa shape index (κ2) is 4.73. The Morgan fingerprint density at radius 2 is 1.95 bits per heavy atom. The molecule has 2 aromatic rings. The van der Waals surface area contributed by atoms with Crippen molar-refractivity contribution in [1.82, 2.24) is 9.97 Å². The fraction of sp³-hybridized carbons (Fsp3) is 0.294. The Morgan fingerprint density at radius 1 is 1.18 bits per heavy atom. The molecule has 5 nitrogen and oxygen atoms in total. The van der Waals surface area contributed by atoms with Gasteiger partial charge in [0.15, 0.2) is 17.2 Å². The van der Waals surface area contributed by atoms with Crippen molar-refractivity contribution in [3.8, 4) is 11.1 Å². The lowest BCUT2D eigenvalue weighted by atomic mass is 9.76. The smallest absolute Gasteiger partial charge is 0.194 e. The largest absolute Gasteiger partial charge is 0.478 e. The molecule has 4 rings (SSSR count). The summed E-state index contributed by atoms with van der Waals surface area (Å²) in [6.07, 6.45) is 6.54. The van der Waals surface area contributed by atoms with Crippen LogP contribution in [0.25, 0.3) is 11.1 Å². The van der Waals surface area contributed by atoms with E-state index in [0.717, 1.165) is 28.7 Å². The first kappa shape index (κ1) is 13.1. The Hall–Kier alpha value is -2.56. The summed E-state index contributed by atoms with van der Waals surface area (Å²) in [4.78, 5) is 25.6. The van der Waals surface area contributed by atoms with Crippen molar-refractivity contribution in [2.24, 2.45) is 4.99 Å². The molecule has 1 aliphatic heterocycles. The summed E-state index contributed by atoms with van der Waals surface area (Å²) in [5.74, 6) is 0.661. The average molecular weight is 293 g/mol. The third-order valence-electron chi connectivity index (χ3n) is 4.39. The van der Waals surface area contributed by atoms with Crippen LogP contribution < -0.4 is 0 Å². The topological polar surface area (TPSA) is 64.4 Å². The van der Waals surface area contributed by atoms with E-state index in [4.69, 9.17) is 4.74 Å². The Morgan fingerprint density at radius 3 is 2.68 bits per heavy atom. The van der Waals surface area contributed by atoms with Gasteiger partial charge in [-0.1, -0.05) is 18.2 Å². The van der Waals surface area contributed by atoms with Crippen LogP contribution in [0.5, 0.6) is 0 Å². The van der Waals surface area contributed by atoms with Crippen LogP contribution in [0.1, 0.15) is 29.3 Å². The molecular weight excluding hydrogens is 278 g/mol. The monoisotopic (exact) mass is 293 g/mol. The van der Waals surface area contributed by atoms with E-state index in [2.05, 4.69) is 15.0 Å². The number of hydrogen-bond acceptors (Lipinski definition) is 5. The zero-order valence-corrected chi connectivity index (χ0v) is 12.2. The molecule has 1 aromatic heterocycles. The van der Waals surface area contributed by atoms with Gasteiger partial charge in [-0.2, -0.15) is 0 Å². The van der Waals surface area contributed by atoms with Gasteiger partial charge in [0.25, 0.3) is 0 Å². The molecule has 0 unspecified atom stereocenters. The van der Waals surface area contributed by atoms with Crippen molar-refractivity contribution in [3.05, 3.63) is 48.0 Å². The number of ether oxygens (including phenoxy) is 1. The van der Waals surface area contributed by atoms with Crippen LogP contribution in [0.3, 0.4) is 0 Å². The van der Waals surface area contributed by atoms with Gasteiger partial charge in [0.2, 0.25) is 0 Å². The zero-order chi connectivity index (χ0) is 15.2. The lowest BCUT2D eigenvalue weighted by molar-refractivity contribution is 0.0835. The summed E-state index contributed by atoms with van der Waals surface area (Å²) in [7, 11) is 0.